The third kappa shape index (κ3) is 16.7. The molecule has 0 amide bonds. The van der Waals surface area contributed by atoms with E-state index in [0.29, 0.717) is 63.9 Å². The molecule has 0 spiro atoms. The lowest BCUT2D eigenvalue weighted by Crippen LogP contribution is -2.57. The predicted octanol–water partition coefficient (Wildman–Crippen LogP) is 9.76. The first-order valence-electron chi connectivity index (χ1n) is 23.7. The van der Waals surface area contributed by atoms with E-state index < -0.39 is 5.92 Å². The van der Waals surface area contributed by atoms with Gasteiger partial charge in [-0.15, -0.1) is 0 Å². The largest absolute Gasteiger partial charge is 0.462 e. The summed E-state index contributed by atoms with van der Waals surface area (Å²) in [6.45, 7) is 12.6. The van der Waals surface area contributed by atoms with Gasteiger partial charge in [0.05, 0.1) is 82.2 Å². The highest BCUT2D eigenvalue weighted by Crippen LogP contribution is 2.41. The van der Waals surface area contributed by atoms with Crippen LogP contribution in [0.2, 0.25) is 0 Å². The quantitative estimate of drug-likeness (QED) is 0.0491. The number of morpholine rings is 2. The molecule has 1 N–H and O–H groups in total. The van der Waals surface area contributed by atoms with Crippen LogP contribution in [-0.4, -0.2) is 114 Å². The van der Waals surface area contributed by atoms with Gasteiger partial charge >= 0.3 is 11.9 Å². The average Bonchev–Trinajstić information content (AvgIpc) is 3.22. The Hall–Kier alpha value is -2.72. The van der Waals surface area contributed by atoms with Gasteiger partial charge in [-0.1, -0.05) is 160 Å². The molecule has 328 valence electrons. The fourth-order valence-electron chi connectivity index (χ4n) is 8.83. The highest BCUT2D eigenvalue weighted by molar-refractivity contribution is 6.00. The van der Waals surface area contributed by atoms with Gasteiger partial charge in [-0.2, -0.15) is 0 Å². The Balaban J connectivity index is 1.55. The lowest BCUT2D eigenvalue weighted by molar-refractivity contribution is -0.914. The van der Waals surface area contributed by atoms with E-state index in [-0.39, 0.29) is 11.9 Å². The molecule has 3 aliphatic rings. The SMILES string of the molecule is CCCCCCCCCCCCOC(=O)C1=C(C[N+]2(C)CCOCC2)NC(C[N+]2(C)CCOCC2)=C(C(=O)OCCCCCCCCCCCC)C1c1ccccc1. The zero-order valence-electron chi connectivity index (χ0n) is 37.4. The summed E-state index contributed by atoms with van der Waals surface area (Å²) in [5.74, 6) is -1.27. The summed E-state index contributed by atoms with van der Waals surface area (Å²) in [7, 11) is 4.49. The maximum absolute atomic E-state index is 14.6. The van der Waals surface area contributed by atoms with Crippen LogP contribution in [0.15, 0.2) is 52.9 Å². The molecule has 0 unspecified atom stereocenters. The number of carbonyl (C=O) groups excluding carboxylic acids is 2. The highest BCUT2D eigenvalue weighted by atomic mass is 16.5. The number of hydrogen-bond acceptors (Lipinski definition) is 7. The molecule has 0 saturated carbocycles. The Labute approximate surface area is 353 Å². The van der Waals surface area contributed by atoms with E-state index in [1.807, 2.05) is 30.3 Å². The highest BCUT2D eigenvalue weighted by Gasteiger charge is 2.44. The second kappa shape index (κ2) is 27.2. The Morgan fingerprint density at radius 1 is 0.552 bits per heavy atom. The number of dihydropyridines is 1. The molecular formula is C49H83N3O6+2. The van der Waals surface area contributed by atoms with Gasteiger partial charge in [-0.25, -0.2) is 9.59 Å². The number of carbonyl (C=O) groups is 2. The van der Waals surface area contributed by atoms with Crippen molar-refractivity contribution in [2.45, 2.75) is 148 Å². The first-order chi connectivity index (χ1) is 28.3. The lowest BCUT2D eigenvalue weighted by Gasteiger charge is -2.43. The van der Waals surface area contributed by atoms with Gasteiger partial charge in [0.2, 0.25) is 0 Å². The van der Waals surface area contributed by atoms with E-state index in [1.165, 1.54) is 89.9 Å². The summed E-state index contributed by atoms with van der Waals surface area (Å²) in [5.41, 5.74) is 3.71. The van der Waals surface area contributed by atoms with Crippen LogP contribution in [0.4, 0.5) is 0 Å². The van der Waals surface area contributed by atoms with Crippen molar-refractivity contribution >= 4 is 11.9 Å². The average molecular weight is 810 g/mol. The maximum Gasteiger partial charge on any atom is 0.336 e. The third-order valence-corrected chi connectivity index (χ3v) is 12.7. The number of ether oxygens (including phenoxy) is 4. The van der Waals surface area contributed by atoms with Gasteiger partial charge in [0, 0.05) is 0 Å². The van der Waals surface area contributed by atoms with Crippen molar-refractivity contribution in [3.05, 3.63) is 58.4 Å². The van der Waals surface area contributed by atoms with Crippen LogP contribution >= 0.6 is 0 Å². The van der Waals surface area contributed by atoms with E-state index >= 15 is 0 Å². The van der Waals surface area contributed by atoms with Crippen molar-refractivity contribution in [2.24, 2.45) is 0 Å². The van der Waals surface area contributed by atoms with Crippen LogP contribution < -0.4 is 5.32 Å². The van der Waals surface area contributed by atoms with Gasteiger partial charge < -0.3 is 33.2 Å². The van der Waals surface area contributed by atoms with Crippen molar-refractivity contribution in [1.82, 2.24) is 5.32 Å². The van der Waals surface area contributed by atoms with E-state index in [9.17, 15) is 9.59 Å². The first kappa shape index (κ1) is 48.0. The number of nitrogens with zero attached hydrogens (tertiary/aromatic N) is 2. The van der Waals surface area contributed by atoms with Gasteiger partial charge in [0.15, 0.2) is 0 Å². The molecule has 9 heteroatoms. The molecule has 0 radical (unpaired) electrons. The number of likely N-dealkylation sites (N-methyl/N-ethyl adjacent to an activating group) is 2. The van der Waals surface area contributed by atoms with Gasteiger partial charge in [0.25, 0.3) is 0 Å². The summed E-state index contributed by atoms with van der Waals surface area (Å²) >= 11 is 0. The fourth-order valence-corrected chi connectivity index (χ4v) is 8.83. The molecule has 4 rings (SSSR count). The topological polar surface area (TPSA) is 83.1 Å². The van der Waals surface area contributed by atoms with E-state index in [0.717, 1.165) is 90.6 Å². The number of benzene rings is 1. The monoisotopic (exact) mass is 810 g/mol. The summed E-state index contributed by atoms with van der Waals surface area (Å²) in [4.78, 5) is 29.3. The Morgan fingerprint density at radius 3 is 1.26 bits per heavy atom. The molecule has 0 bridgehead atoms. The molecule has 1 aromatic carbocycles. The van der Waals surface area contributed by atoms with Crippen molar-refractivity contribution in [2.75, 3.05) is 93.0 Å². The number of hydrogen-bond donors (Lipinski definition) is 1. The molecule has 0 aromatic heterocycles. The molecular weight excluding hydrogens is 727 g/mol. The number of quaternary nitrogens is 2. The van der Waals surface area contributed by atoms with Gasteiger partial charge in [0.1, 0.15) is 39.3 Å². The Bertz CT molecular complexity index is 1300. The van der Waals surface area contributed by atoms with Crippen molar-refractivity contribution < 1.29 is 37.5 Å². The van der Waals surface area contributed by atoms with Gasteiger partial charge in [-0.05, 0) is 18.4 Å². The van der Waals surface area contributed by atoms with E-state index in [1.54, 1.807) is 0 Å². The molecule has 2 saturated heterocycles. The molecule has 58 heavy (non-hydrogen) atoms. The third-order valence-electron chi connectivity index (χ3n) is 12.7. The number of esters is 2. The molecule has 9 nitrogen and oxygen atoms in total. The second-order valence-electron chi connectivity index (χ2n) is 18.1. The molecule has 3 heterocycles. The smallest absolute Gasteiger partial charge is 0.336 e. The first-order valence-corrected chi connectivity index (χ1v) is 23.7. The zero-order valence-corrected chi connectivity index (χ0v) is 37.4. The van der Waals surface area contributed by atoms with Crippen molar-refractivity contribution in [1.29, 1.82) is 0 Å². The van der Waals surface area contributed by atoms with Crippen LogP contribution in [0.5, 0.6) is 0 Å². The predicted molar refractivity (Wildman–Crippen MR) is 235 cm³/mol. The Morgan fingerprint density at radius 2 is 0.897 bits per heavy atom. The van der Waals surface area contributed by atoms with Crippen molar-refractivity contribution in [3.8, 4) is 0 Å². The molecule has 3 aliphatic heterocycles. The Kier molecular flexibility index (Phi) is 22.5. The van der Waals surface area contributed by atoms with E-state index in [2.05, 4.69) is 33.3 Å². The number of unbranched alkanes of at least 4 members (excludes halogenated alkanes) is 18. The summed E-state index contributed by atoms with van der Waals surface area (Å²) in [6.07, 6.45) is 24.3. The minimum Gasteiger partial charge on any atom is -0.462 e. The zero-order chi connectivity index (χ0) is 41.3. The summed E-state index contributed by atoms with van der Waals surface area (Å²) in [6, 6.07) is 10.1. The summed E-state index contributed by atoms with van der Waals surface area (Å²) in [5, 5.41) is 3.79. The lowest BCUT2D eigenvalue weighted by atomic mass is 9.79. The molecule has 1 aromatic rings. The van der Waals surface area contributed by atoms with Gasteiger partial charge in [-0.3, -0.25) is 0 Å². The minimum atomic E-state index is -0.604. The second-order valence-corrected chi connectivity index (χ2v) is 18.1. The number of nitrogens with one attached hydrogen (secondary N) is 1. The van der Waals surface area contributed by atoms with E-state index in [4.69, 9.17) is 18.9 Å². The molecule has 2 fully saturated rings. The fraction of sp³-hybridized carbons (Fsp3) is 0.755. The summed E-state index contributed by atoms with van der Waals surface area (Å²) < 4.78 is 25.5. The maximum atomic E-state index is 14.6. The normalized spacial score (nSPS) is 18.3. The van der Waals surface area contributed by atoms with Crippen LogP contribution in [0.3, 0.4) is 0 Å². The van der Waals surface area contributed by atoms with Crippen LogP contribution in [0, 0.1) is 0 Å². The minimum absolute atomic E-state index is 0.335. The standard InChI is InChI=1S/C49H82N3O6/c1-5-7-9-11-13-15-17-19-21-26-34-57-48(53)46-43(40-51(3)30-36-55-37-31-51)50-44(41-52(4)32-38-56-39-33-52)47(45(46)42-28-24-23-25-29-42)49(54)58-35-27-22-20-18-16-14-12-10-8-6-2/h23-25,28-29,45H,5-22,26-27,30-41H2,1-4H3/q+1/p+1. The van der Waals surface area contributed by atoms with Crippen LogP contribution in [-0.2, 0) is 28.5 Å². The van der Waals surface area contributed by atoms with Crippen molar-refractivity contribution in [3.63, 3.8) is 0 Å². The number of rotatable bonds is 29. The molecule has 0 aliphatic carbocycles. The van der Waals surface area contributed by atoms with Crippen LogP contribution in [0.25, 0.3) is 0 Å². The van der Waals surface area contributed by atoms with Crippen LogP contribution in [0.1, 0.15) is 154 Å². The molecule has 0 atom stereocenters.